The van der Waals surface area contributed by atoms with Gasteiger partial charge in [0.15, 0.2) is 5.76 Å². The zero-order chi connectivity index (χ0) is 16.8. The molecule has 0 aliphatic carbocycles. The molecule has 1 aromatic carbocycles. The molecule has 0 aliphatic heterocycles. The molecule has 1 heterocycles. The third-order valence-electron chi connectivity index (χ3n) is 3.18. The van der Waals surface area contributed by atoms with E-state index in [1.807, 2.05) is 6.92 Å². The van der Waals surface area contributed by atoms with E-state index in [9.17, 15) is 14.3 Å². The molecule has 0 spiro atoms. The molecule has 0 bridgehead atoms. The minimum atomic E-state index is -1.04. The Labute approximate surface area is 137 Å². The molecule has 2 aromatic rings. The van der Waals surface area contributed by atoms with Gasteiger partial charge in [0.1, 0.15) is 5.82 Å². The predicted molar refractivity (Wildman–Crippen MR) is 82.5 cm³/mol. The molecule has 0 radical (unpaired) electrons. The number of aromatic nitrogens is 1. The molecular weight excluding hydrogens is 325 g/mol. The highest BCUT2D eigenvalue weighted by Crippen LogP contribution is 2.19. The summed E-state index contributed by atoms with van der Waals surface area (Å²) < 4.78 is 18.3. The van der Waals surface area contributed by atoms with Crippen LogP contribution in [0.4, 0.5) is 9.18 Å². The Bertz CT molecular complexity index is 678. The number of nitrogens with one attached hydrogen (secondary N) is 2. The molecule has 2 rings (SSSR count). The number of nitrogens with zero attached hydrogens (tertiary/aromatic N) is 1. The maximum Gasteiger partial charge on any atom is 0.315 e. The predicted octanol–water partition coefficient (Wildman–Crippen LogP) is 2.56. The largest absolute Gasteiger partial charge is 0.387 e. The number of urea groups is 1. The summed E-state index contributed by atoms with van der Waals surface area (Å²) in [6.07, 6.45) is -0.288. The van der Waals surface area contributed by atoms with Gasteiger partial charge in [0, 0.05) is 12.6 Å². The lowest BCUT2D eigenvalue weighted by atomic mass is 10.1. The lowest BCUT2D eigenvalue weighted by molar-refractivity contribution is 0.172. The second-order valence-electron chi connectivity index (χ2n) is 4.89. The standard InChI is InChI=1S/C15H17ClFN3O3/c1-2-10-6-11(23-20-10)7-18-15(22)19-8-14(21)9-3-4-12(16)13(17)5-9/h3-6,14,21H,2,7-8H2,1H3,(H2,18,19,22)/t14-/m1/s1. The number of aryl methyl sites for hydroxylation is 1. The molecule has 0 fully saturated rings. The van der Waals surface area contributed by atoms with Gasteiger partial charge in [-0.1, -0.05) is 29.7 Å². The van der Waals surface area contributed by atoms with Gasteiger partial charge in [-0.05, 0) is 24.1 Å². The molecule has 23 heavy (non-hydrogen) atoms. The fraction of sp³-hybridized carbons (Fsp3) is 0.333. The van der Waals surface area contributed by atoms with Crippen LogP contribution in [0.2, 0.25) is 5.02 Å². The van der Waals surface area contributed by atoms with Crippen LogP contribution in [0, 0.1) is 5.82 Å². The Morgan fingerprint density at radius 2 is 2.22 bits per heavy atom. The third-order valence-corrected chi connectivity index (χ3v) is 3.48. The average molecular weight is 342 g/mol. The Morgan fingerprint density at radius 1 is 1.43 bits per heavy atom. The number of rotatable bonds is 6. The molecular formula is C15H17ClFN3O3. The highest BCUT2D eigenvalue weighted by atomic mass is 35.5. The van der Waals surface area contributed by atoms with Crippen LogP contribution in [0.5, 0.6) is 0 Å². The summed E-state index contributed by atoms with van der Waals surface area (Å²) >= 11 is 5.57. The Balaban J connectivity index is 1.78. The van der Waals surface area contributed by atoms with Gasteiger partial charge in [0.05, 0.1) is 23.4 Å². The number of amides is 2. The van der Waals surface area contributed by atoms with E-state index in [4.69, 9.17) is 16.1 Å². The topological polar surface area (TPSA) is 87.4 Å². The molecule has 1 aromatic heterocycles. The molecule has 1 atom stereocenters. The fourth-order valence-electron chi connectivity index (χ4n) is 1.86. The second kappa shape index (κ2) is 7.94. The minimum Gasteiger partial charge on any atom is -0.387 e. The Morgan fingerprint density at radius 3 is 2.87 bits per heavy atom. The highest BCUT2D eigenvalue weighted by molar-refractivity contribution is 6.30. The summed E-state index contributed by atoms with van der Waals surface area (Å²) in [4.78, 5) is 11.7. The lowest BCUT2D eigenvalue weighted by Gasteiger charge is -2.13. The first-order chi connectivity index (χ1) is 11.0. The van der Waals surface area contributed by atoms with Crippen LogP contribution < -0.4 is 10.6 Å². The Hall–Kier alpha value is -2.12. The van der Waals surface area contributed by atoms with Gasteiger partial charge in [-0.15, -0.1) is 0 Å². The van der Waals surface area contributed by atoms with Crippen LogP contribution >= 0.6 is 11.6 Å². The minimum absolute atomic E-state index is 0.0230. The van der Waals surface area contributed by atoms with Crippen molar-refractivity contribution < 1.29 is 18.8 Å². The SMILES string of the molecule is CCc1cc(CNC(=O)NC[C@@H](O)c2ccc(Cl)c(F)c2)on1. The van der Waals surface area contributed by atoms with E-state index < -0.39 is 18.0 Å². The van der Waals surface area contributed by atoms with Gasteiger partial charge in [0.2, 0.25) is 0 Å². The van der Waals surface area contributed by atoms with Crippen LogP contribution in [0.1, 0.15) is 30.0 Å². The monoisotopic (exact) mass is 341 g/mol. The van der Waals surface area contributed by atoms with Gasteiger partial charge in [0.25, 0.3) is 0 Å². The second-order valence-corrected chi connectivity index (χ2v) is 5.30. The van der Waals surface area contributed by atoms with E-state index in [1.165, 1.54) is 12.1 Å². The fourth-order valence-corrected chi connectivity index (χ4v) is 1.98. The number of hydrogen-bond acceptors (Lipinski definition) is 4. The van der Waals surface area contributed by atoms with Crippen molar-refractivity contribution in [1.29, 1.82) is 0 Å². The summed E-state index contributed by atoms with van der Waals surface area (Å²) in [6, 6.07) is 5.26. The quantitative estimate of drug-likeness (QED) is 0.753. The van der Waals surface area contributed by atoms with Crippen LogP contribution in [-0.4, -0.2) is 22.8 Å². The molecule has 8 heteroatoms. The Kier molecular flexibility index (Phi) is 5.95. The number of carbonyl (C=O) groups is 1. The number of aliphatic hydroxyl groups excluding tert-OH is 1. The zero-order valence-electron chi connectivity index (χ0n) is 12.5. The van der Waals surface area contributed by atoms with Crippen molar-refractivity contribution in [2.75, 3.05) is 6.54 Å². The van der Waals surface area contributed by atoms with Gasteiger partial charge in [-0.2, -0.15) is 0 Å². The third kappa shape index (κ3) is 4.94. The van der Waals surface area contributed by atoms with E-state index >= 15 is 0 Å². The molecule has 0 saturated heterocycles. The first kappa shape index (κ1) is 17.2. The first-order valence-corrected chi connectivity index (χ1v) is 7.46. The van der Waals surface area contributed by atoms with E-state index in [0.717, 1.165) is 18.2 Å². The molecule has 6 nitrogen and oxygen atoms in total. The van der Waals surface area contributed by atoms with E-state index in [2.05, 4.69) is 15.8 Å². The number of benzene rings is 1. The summed E-state index contributed by atoms with van der Waals surface area (Å²) in [6.45, 7) is 2.07. The van der Waals surface area contributed by atoms with Crippen molar-refractivity contribution in [2.45, 2.75) is 26.0 Å². The summed E-state index contributed by atoms with van der Waals surface area (Å²) in [7, 11) is 0. The van der Waals surface area contributed by atoms with Gasteiger partial charge >= 0.3 is 6.03 Å². The van der Waals surface area contributed by atoms with Gasteiger partial charge in [-0.25, -0.2) is 9.18 Å². The van der Waals surface area contributed by atoms with Crippen molar-refractivity contribution in [3.63, 3.8) is 0 Å². The maximum atomic E-state index is 13.3. The number of hydrogen-bond donors (Lipinski definition) is 3. The number of halogens is 2. The average Bonchev–Trinajstić information content (AvgIpc) is 3.01. The smallest absolute Gasteiger partial charge is 0.315 e. The molecule has 3 N–H and O–H groups in total. The number of aliphatic hydroxyl groups is 1. The van der Waals surface area contributed by atoms with Crippen molar-refractivity contribution in [2.24, 2.45) is 0 Å². The van der Waals surface area contributed by atoms with Crippen LogP contribution in [-0.2, 0) is 13.0 Å². The van der Waals surface area contributed by atoms with E-state index in [1.54, 1.807) is 6.07 Å². The summed E-state index contributed by atoms with van der Waals surface area (Å²) in [5.41, 5.74) is 1.14. The van der Waals surface area contributed by atoms with Crippen molar-refractivity contribution >= 4 is 17.6 Å². The van der Waals surface area contributed by atoms with Crippen LogP contribution in [0.3, 0.4) is 0 Å². The van der Waals surface area contributed by atoms with Crippen molar-refractivity contribution in [3.8, 4) is 0 Å². The van der Waals surface area contributed by atoms with Crippen molar-refractivity contribution in [3.05, 3.63) is 52.1 Å². The van der Waals surface area contributed by atoms with Crippen LogP contribution in [0.15, 0.2) is 28.8 Å². The number of carbonyl (C=O) groups excluding carboxylic acids is 1. The summed E-state index contributed by atoms with van der Waals surface area (Å²) in [5.74, 6) is -0.0814. The molecule has 0 aliphatic rings. The molecule has 0 unspecified atom stereocenters. The molecule has 124 valence electrons. The molecule has 0 saturated carbocycles. The normalized spacial score (nSPS) is 12.0. The molecule has 2 amide bonds. The van der Waals surface area contributed by atoms with Gasteiger partial charge in [-0.3, -0.25) is 0 Å². The van der Waals surface area contributed by atoms with E-state index in [0.29, 0.717) is 11.3 Å². The van der Waals surface area contributed by atoms with E-state index in [-0.39, 0.29) is 18.1 Å². The first-order valence-electron chi connectivity index (χ1n) is 7.08. The highest BCUT2D eigenvalue weighted by Gasteiger charge is 2.12. The summed E-state index contributed by atoms with van der Waals surface area (Å²) in [5, 5.41) is 18.8. The maximum absolute atomic E-state index is 13.3. The zero-order valence-corrected chi connectivity index (χ0v) is 13.2. The van der Waals surface area contributed by atoms with Crippen molar-refractivity contribution in [1.82, 2.24) is 15.8 Å². The van der Waals surface area contributed by atoms with Crippen LogP contribution in [0.25, 0.3) is 0 Å². The lowest BCUT2D eigenvalue weighted by Crippen LogP contribution is -2.37. The van der Waals surface area contributed by atoms with Gasteiger partial charge < -0.3 is 20.3 Å².